The van der Waals surface area contributed by atoms with Crippen molar-refractivity contribution in [3.8, 4) is 0 Å². The Kier molecular flexibility index (Phi) is 5.32. The number of rotatable bonds is 5. The van der Waals surface area contributed by atoms with Gasteiger partial charge in [-0.2, -0.15) is 0 Å². The molecule has 0 aromatic heterocycles. The number of hydrogen-bond acceptors (Lipinski definition) is 3. The maximum atomic E-state index is 11.5. The number of benzene rings is 1. The number of hydrogen-bond donors (Lipinski definition) is 4. The number of carboxylic acid groups (broad SMARTS) is 1. The van der Waals surface area contributed by atoms with Crippen LogP contribution >= 0.6 is 0 Å². The minimum atomic E-state index is -1.31. The van der Waals surface area contributed by atoms with Gasteiger partial charge in [-0.05, 0) is 23.6 Å². The minimum Gasteiger partial charge on any atom is -0.480 e. The topological polar surface area (TPSA) is 98.7 Å². The summed E-state index contributed by atoms with van der Waals surface area (Å²) in [6, 6.07) is 5.28. The van der Waals surface area contributed by atoms with Gasteiger partial charge in [-0.25, -0.2) is 9.59 Å². The Balaban J connectivity index is 2.59. The maximum absolute atomic E-state index is 11.5. The molecule has 0 aliphatic carbocycles. The summed E-state index contributed by atoms with van der Waals surface area (Å²) in [6.45, 7) is 3.47. The van der Waals surface area contributed by atoms with Crippen molar-refractivity contribution in [2.24, 2.45) is 0 Å². The fourth-order valence-corrected chi connectivity index (χ4v) is 1.46. The van der Waals surface area contributed by atoms with Crippen LogP contribution in [0.5, 0.6) is 0 Å². The monoisotopic (exact) mass is 266 g/mol. The van der Waals surface area contributed by atoms with E-state index in [-0.39, 0.29) is 0 Å². The molecule has 0 radical (unpaired) electrons. The molecule has 0 saturated carbocycles. The number of aliphatic carboxylic acids is 1. The van der Waals surface area contributed by atoms with Gasteiger partial charge >= 0.3 is 12.0 Å². The number of carbonyl (C=O) groups is 2. The van der Waals surface area contributed by atoms with Crippen molar-refractivity contribution in [3.63, 3.8) is 0 Å². The fraction of sp³-hybridized carbons (Fsp3) is 0.385. The molecule has 0 fully saturated rings. The van der Waals surface area contributed by atoms with Crippen molar-refractivity contribution in [1.82, 2.24) is 5.32 Å². The van der Waals surface area contributed by atoms with E-state index < -0.39 is 24.6 Å². The summed E-state index contributed by atoms with van der Waals surface area (Å²) in [5.41, 5.74) is 1.70. The van der Waals surface area contributed by atoms with Crippen LogP contribution in [0, 0.1) is 0 Å². The van der Waals surface area contributed by atoms with Crippen LogP contribution in [-0.2, 0) is 4.79 Å². The summed E-state index contributed by atoms with van der Waals surface area (Å²) in [6.07, 6.45) is 0. The van der Waals surface area contributed by atoms with E-state index >= 15 is 0 Å². The lowest BCUT2D eigenvalue weighted by molar-refractivity contribution is -0.140. The average Bonchev–Trinajstić information content (AvgIpc) is 2.36. The van der Waals surface area contributed by atoms with E-state index in [0.717, 1.165) is 5.56 Å². The lowest BCUT2D eigenvalue weighted by Crippen LogP contribution is -2.45. The molecule has 1 aromatic rings. The summed E-state index contributed by atoms with van der Waals surface area (Å²) < 4.78 is 0. The molecular weight excluding hydrogens is 248 g/mol. The van der Waals surface area contributed by atoms with Crippen LogP contribution in [0.4, 0.5) is 10.5 Å². The Morgan fingerprint density at radius 2 is 1.79 bits per heavy atom. The standard InChI is InChI=1S/C13H18N2O4/c1-8(2)9-3-5-10(6-4-9)14-13(19)15-11(7-16)12(17)18/h3-6,8,11,16H,7H2,1-2H3,(H,17,18)(H2,14,15,19)/t11-/m1/s1. The number of aliphatic hydroxyl groups is 1. The van der Waals surface area contributed by atoms with Gasteiger partial charge < -0.3 is 20.8 Å². The Morgan fingerprint density at radius 1 is 1.21 bits per heavy atom. The first-order chi connectivity index (χ1) is 8.93. The molecule has 0 aliphatic heterocycles. The minimum absolute atomic E-state index is 0.397. The highest BCUT2D eigenvalue weighted by Crippen LogP contribution is 2.16. The molecule has 4 N–H and O–H groups in total. The molecule has 0 spiro atoms. The molecular formula is C13H18N2O4. The summed E-state index contributed by atoms with van der Waals surface area (Å²) in [7, 11) is 0. The third kappa shape index (κ3) is 4.59. The average molecular weight is 266 g/mol. The van der Waals surface area contributed by atoms with Crippen molar-refractivity contribution in [2.45, 2.75) is 25.8 Å². The highest BCUT2D eigenvalue weighted by molar-refractivity contribution is 5.92. The molecule has 1 rings (SSSR count). The number of amides is 2. The summed E-state index contributed by atoms with van der Waals surface area (Å²) in [4.78, 5) is 22.1. The largest absolute Gasteiger partial charge is 0.480 e. The fourth-order valence-electron chi connectivity index (χ4n) is 1.46. The molecule has 1 aromatic carbocycles. The first kappa shape index (κ1) is 15.0. The van der Waals surface area contributed by atoms with Gasteiger partial charge in [-0.15, -0.1) is 0 Å². The second-order valence-electron chi connectivity index (χ2n) is 4.45. The number of anilines is 1. The van der Waals surface area contributed by atoms with Gasteiger partial charge in [0.2, 0.25) is 0 Å². The molecule has 0 aliphatic rings. The van der Waals surface area contributed by atoms with Crippen molar-refractivity contribution >= 4 is 17.7 Å². The molecule has 2 amide bonds. The smallest absolute Gasteiger partial charge is 0.328 e. The molecule has 0 heterocycles. The third-order valence-electron chi connectivity index (χ3n) is 2.62. The van der Waals surface area contributed by atoms with Crippen LogP contribution in [0.3, 0.4) is 0 Å². The van der Waals surface area contributed by atoms with Crippen molar-refractivity contribution in [1.29, 1.82) is 0 Å². The number of urea groups is 1. The Hall–Kier alpha value is -2.08. The Morgan fingerprint density at radius 3 is 2.21 bits per heavy atom. The molecule has 0 bridgehead atoms. The summed E-state index contributed by atoms with van der Waals surface area (Å²) in [5.74, 6) is -0.888. The lowest BCUT2D eigenvalue weighted by atomic mass is 10.0. The number of nitrogens with one attached hydrogen (secondary N) is 2. The van der Waals surface area contributed by atoms with Crippen LogP contribution in [0.25, 0.3) is 0 Å². The molecule has 19 heavy (non-hydrogen) atoms. The van der Waals surface area contributed by atoms with E-state index in [1.165, 1.54) is 0 Å². The second-order valence-corrected chi connectivity index (χ2v) is 4.45. The molecule has 1 atom stereocenters. The zero-order valence-corrected chi connectivity index (χ0v) is 10.9. The Labute approximate surface area is 111 Å². The van der Waals surface area contributed by atoms with E-state index in [1.807, 2.05) is 12.1 Å². The van der Waals surface area contributed by atoms with Crippen molar-refractivity contribution in [3.05, 3.63) is 29.8 Å². The van der Waals surface area contributed by atoms with Crippen LogP contribution < -0.4 is 10.6 Å². The predicted octanol–water partition coefficient (Wildman–Crippen LogP) is 1.38. The molecule has 104 valence electrons. The lowest BCUT2D eigenvalue weighted by Gasteiger charge is -2.13. The highest BCUT2D eigenvalue weighted by Gasteiger charge is 2.18. The third-order valence-corrected chi connectivity index (χ3v) is 2.62. The normalized spacial score (nSPS) is 12.0. The van der Waals surface area contributed by atoms with Gasteiger partial charge in [0.05, 0.1) is 6.61 Å². The van der Waals surface area contributed by atoms with E-state index in [9.17, 15) is 9.59 Å². The first-order valence-corrected chi connectivity index (χ1v) is 5.95. The van der Waals surface area contributed by atoms with E-state index in [1.54, 1.807) is 12.1 Å². The first-order valence-electron chi connectivity index (χ1n) is 5.95. The van der Waals surface area contributed by atoms with Gasteiger partial charge in [-0.3, -0.25) is 0 Å². The van der Waals surface area contributed by atoms with Gasteiger partial charge in [0.1, 0.15) is 0 Å². The van der Waals surface area contributed by atoms with Gasteiger partial charge in [0, 0.05) is 5.69 Å². The molecule has 0 unspecified atom stereocenters. The number of carbonyl (C=O) groups excluding carboxylic acids is 1. The summed E-state index contributed by atoms with van der Waals surface area (Å²) >= 11 is 0. The van der Waals surface area contributed by atoms with Crippen molar-refractivity contribution in [2.75, 3.05) is 11.9 Å². The van der Waals surface area contributed by atoms with Crippen LogP contribution in [0.1, 0.15) is 25.3 Å². The highest BCUT2D eigenvalue weighted by atomic mass is 16.4. The van der Waals surface area contributed by atoms with Gasteiger partial charge in [-0.1, -0.05) is 26.0 Å². The number of aliphatic hydroxyl groups excluding tert-OH is 1. The maximum Gasteiger partial charge on any atom is 0.328 e. The zero-order chi connectivity index (χ0) is 14.4. The molecule has 6 nitrogen and oxygen atoms in total. The van der Waals surface area contributed by atoms with Crippen LogP contribution in [0.2, 0.25) is 0 Å². The Bertz CT molecular complexity index is 442. The van der Waals surface area contributed by atoms with Gasteiger partial charge in [0.15, 0.2) is 6.04 Å². The summed E-state index contributed by atoms with van der Waals surface area (Å²) in [5, 5.41) is 22.1. The van der Waals surface area contributed by atoms with Gasteiger partial charge in [0.25, 0.3) is 0 Å². The van der Waals surface area contributed by atoms with E-state index in [2.05, 4.69) is 24.5 Å². The zero-order valence-electron chi connectivity index (χ0n) is 10.9. The van der Waals surface area contributed by atoms with Crippen molar-refractivity contribution < 1.29 is 19.8 Å². The SMILES string of the molecule is CC(C)c1ccc(NC(=O)N[C@H](CO)C(=O)O)cc1. The molecule has 0 saturated heterocycles. The van der Waals surface area contributed by atoms with E-state index in [0.29, 0.717) is 11.6 Å². The molecule has 6 heteroatoms. The second kappa shape index (κ2) is 6.75. The number of carboxylic acids is 1. The predicted molar refractivity (Wildman–Crippen MR) is 71.2 cm³/mol. The van der Waals surface area contributed by atoms with E-state index in [4.69, 9.17) is 10.2 Å². The van der Waals surface area contributed by atoms with Crippen LogP contribution in [0.15, 0.2) is 24.3 Å². The quantitative estimate of drug-likeness (QED) is 0.647. The van der Waals surface area contributed by atoms with Crippen LogP contribution in [-0.4, -0.2) is 34.9 Å².